The Kier molecular flexibility index (Phi) is 6.98. The molecule has 144 valence electrons. The van der Waals surface area contributed by atoms with Gasteiger partial charge >= 0.3 is 5.97 Å². The summed E-state index contributed by atoms with van der Waals surface area (Å²) in [6.07, 6.45) is 10.2. The van der Waals surface area contributed by atoms with Crippen LogP contribution in [0.15, 0.2) is 72.9 Å². The summed E-state index contributed by atoms with van der Waals surface area (Å²) < 4.78 is 3.06. The molecule has 0 radical (unpaired) electrons. The lowest BCUT2D eigenvalue weighted by molar-refractivity contribution is -0.684. The van der Waals surface area contributed by atoms with Crippen LogP contribution >= 0.6 is 11.3 Å². The Balaban J connectivity index is 1.86. The van der Waals surface area contributed by atoms with Crippen molar-refractivity contribution < 1.29 is 14.5 Å². The van der Waals surface area contributed by atoms with Crippen molar-refractivity contribution in [2.45, 2.75) is 32.2 Å². The van der Waals surface area contributed by atoms with Crippen molar-refractivity contribution in [3.05, 3.63) is 78.0 Å². The fraction of sp³-hybridized carbons (Fsp3) is 0.217. The lowest BCUT2D eigenvalue weighted by Gasteiger charge is -2.07. The average molecular weight is 394 g/mol. The van der Waals surface area contributed by atoms with E-state index < -0.39 is 12.0 Å². The molecule has 1 unspecified atom stereocenters. The van der Waals surface area contributed by atoms with Crippen LogP contribution in [0.5, 0.6) is 0 Å². The van der Waals surface area contributed by atoms with Gasteiger partial charge < -0.3 is 10.4 Å². The summed E-state index contributed by atoms with van der Waals surface area (Å²) in [5, 5.41) is 14.0. The molecule has 2 aromatic carbocycles. The first-order valence-electron chi connectivity index (χ1n) is 9.51. The maximum Gasteiger partial charge on any atom is 0.373 e. The van der Waals surface area contributed by atoms with Gasteiger partial charge in [-0.05, 0) is 30.7 Å². The van der Waals surface area contributed by atoms with Crippen molar-refractivity contribution in [1.29, 1.82) is 0 Å². The Labute approximate surface area is 169 Å². The zero-order chi connectivity index (χ0) is 19.8. The number of carboxylic acids is 1. The Hall–Kier alpha value is -2.92. The molecule has 4 nitrogen and oxygen atoms in total. The van der Waals surface area contributed by atoms with E-state index in [0.29, 0.717) is 6.42 Å². The van der Waals surface area contributed by atoms with Crippen LogP contribution in [0.2, 0.25) is 0 Å². The van der Waals surface area contributed by atoms with Gasteiger partial charge in [0, 0.05) is 30.5 Å². The largest absolute Gasteiger partial charge is 0.476 e. The molecular weight excluding hydrogens is 368 g/mol. The summed E-state index contributed by atoms with van der Waals surface area (Å²) in [6.45, 7) is 2.08. The quantitative estimate of drug-likeness (QED) is 0.365. The molecule has 0 amide bonds. The van der Waals surface area contributed by atoms with E-state index in [9.17, 15) is 9.90 Å². The molecule has 0 fully saturated rings. The van der Waals surface area contributed by atoms with Gasteiger partial charge in [0.1, 0.15) is 4.70 Å². The molecule has 1 aromatic heterocycles. The van der Waals surface area contributed by atoms with Gasteiger partial charge in [0.25, 0.3) is 11.0 Å². The number of hydrogen-bond acceptors (Lipinski definition) is 3. The first-order valence-corrected chi connectivity index (χ1v) is 10.3. The van der Waals surface area contributed by atoms with Gasteiger partial charge in [-0.2, -0.15) is 4.57 Å². The molecule has 1 heterocycles. The van der Waals surface area contributed by atoms with Crippen molar-refractivity contribution in [3.63, 3.8) is 0 Å². The van der Waals surface area contributed by atoms with E-state index in [1.165, 1.54) is 0 Å². The van der Waals surface area contributed by atoms with Crippen LogP contribution in [0, 0.1) is 0 Å². The molecule has 0 saturated heterocycles. The molecule has 0 spiro atoms. The number of aromatic nitrogens is 1. The van der Waals surface area contributed by atoms with Crippen molar-refractivity contribution in [1.82, 2.24) is 0 Å². The number of carbonyl (C=O) groups is 1. The van der Waals surface area contributed by atoms with Crippen molar-refractivity contribution in [3.8, 4) is 0 Å². The van der Waals surface area contributed by atoms with E-state index in [1.54, 1.807) is 11.3 Å². The lowest BCUT2D eigenvalue weighted by Crippen LogP contribution is -2.45. The number of fused-ring (bicyclic) bond motifs is 1. The number of para-hydroxylation sites is 2. The van der Waals surface area contributed by atoms with Crippen LogP contribution in [0.3, 0.4) is 0 Å². The molecule has 0 aliphatic rings. The highest BCUT2D eigenvalue weighted by atomic mass is 32.1. The molecule has 0 saturated carbocycles. The molecular formula is C23H25N2O2S+. The monoisotopic (exact) mass is 393 g/mol. The number of anilines is 1. The number of hydrogen-bond donors (Lipinski definition) is 2. The Morgan fingerprint density at radius 2 is 1.89 bits per heavy atom. The van der Waals surface area contributed by atoms with Crippen molar-refractivity contribution in [2.24, 2.45) is 0 Å². The van der Waals surface area contributed by atoms with Gasteiger partial charge in [-0.15, -0.1) is 0 Å². The first-order chi connectivity index (χ1) is 13.7. The standard InChI is InChI=1S/C23H24N2O2S/c1-2-3-13-20(23(26)27)25-19-14-7-8-15-21(19)28-22(25)16-9-10-17-24-18-11-5-4-6-12-18/h4-12,14-17,20H,2-3,13H2,1H3,(H,26,27)/p+1. The van der Waals surface area contributed by atoms with Crippen LogP contribution < -0.4 is 9.88 Å². The maximum atomic E-state index is 12.0. The van der Waals surface area contributed by atoms with Gasteiger partial charge in [-0.3, -0.25) is 0 Å². The second-order valence-corrected chi connectivity index (χ2v) is 7.57. The van der Waals surface area contributed by atoms with Crippen LogP contribution in [-0.4, -0.2) is 11.1 Å². The second kappa shape index (κ2) is 9.85. The fourth-order valence-electron chi connectivity index (χ4n) is 3.09. The minimum Gasteiger partial charge on any atom is -0.476 e. The van der Waals surface area contributed by atoms with Crippen molar-refractivity contribution >= 4 is 39.3 Å². The SMILES string of the molecule is CCCCC(C(=O)O)[n+]1c(/C=C/C=C/Nc2ccccc2)sc2ccccc21. The number of thiazole rings is 1. The highest BCUT2D eigenvalue weighted by molar-refractivity contribution is 7.18. The molecule has 5 heteroatoms. The molecule has 28 heavy (non-hydrogen) atoms. The summed E-state index contributed by atoms with van der Waals surface area (Å²) in [5.74, 6) is -0.780. The van der Waals surface area contributed by atoms with Crippen LogP contribution in [0.25, 0.3) is 16.3 Å². The Morgan fingerprint density at radius 1 is 1.14 bits per heavy atom. The number of unbranched alkanes of at least 4 members (excludes halogenated alkanes) is 1. The van der Waals surface area contributed by atoms with E-state index in [0.717, 1.165) is 33.8 Å². The number of aliphatic carboxylic acids is 1. The van der Waals surface area contributed by atoms with Crippen LogP contribution in [-0.2, 0) is 4.79 Å². The van der Waals surface area contributed by atoms with Crippen LogP contribution in [0.1, 0.15) is 37.2 Å². The third-order valence-corrected chi connectivity index (χ3v) is 5.58. The fourth-order valence-corrected chi connectivity index (χ4v) is 4.20. The lowest BCUT2D eigenvalue weighted by atomic mass is 10.1. The first kappa shape index (κ1) is 19.8. The van der Waals surface area contributed by atoms with Gasteiger partial charge in [-0.1, -0.05) is 61.1 Å². The molecule has 0 aliphatic heterocycles. The molecule has 0 bridgehead atoms. The number of benzene rings is 2. The summed E-state index contributed by atoms with van der Waals surface area (Å²) in [7, 11) is 0. The zero-order valence-corrected chi connectivity index (χ0v) is 16.7. The predicted molar refractivity (Wildman–Crippen MR) is 116 cm³/mol. The zero-order valence-electron chi connectivity index (χ0n) is 15.9. The average Bonchev–Trinajstić information content (AvgIpc) is 3.07. The van der Waals surface area contributed by atoms with E-state index in [-0.39, 0.29) is 0 Å². The number of rotatable bonds is 9. The third-order valence-electron chi connectivity index (χ3n) is 4.47. The Morgan fingerprint density at radius 3 is 2.64 bits per heavy atom. The van der Waals surface area contributed by atoms with Gasteiger partial charge in [0.05, 0.1) is 0 Å². The van der Waals surface area contributed by atoms with E-state index in [4.69, 9.17) is 0 Å². The molecule has 0 aliphatic carbocycles. The highest BCUT2D eigenvalue weighted by Crippen LogP contribution is 2.25. The minimum absolute atomic E-state index is 0.554. The van der Waals surface area contributed by atoms with Crippen LogP contribution in [0.4, 0.5) is 5.69 Å². The highest BCUT2D eigenvalue weighted by Gasteiger charge is 2.33. The van der Waals surface area contributed by atoms with Gasteiger partial charge in [0.2, 0.25) is 5.52 Å². The van der Waals surface area contributed by atoms with Gasteiger partial charge in [-0.25, -0.2) is 4.79 Å². The second-order valence-electron chi connectivity index (χ2n) is 6.50. The number of carboxylic acid groups (broad SMARTS) is 1. The maximum absolute atomic E-state index is 12.0. The van der Waals surface area contributed by atoms with Gasteiger partial charge in [0.15, 0.2) is 0 Å². The third kappa shape index (κ3) is 4.87. The van der Waals surface area contributed by atoms with E-state index in [2.05, 4.69) is 12.2 Å². The number of nitrogens with one attached hydrogen (secondary N) is 1. The van der Waals surface area contributed by atoms with E-state index >= 15 is 0 Å². The summed E-state index contributed by atoms with van der Waals surface area (Å²) in [5.41, 5.74) is 2.00. The van der Waals surface area contributed by atoms with Crippen molar-refractivity contribution in [2.75, 3.05) is 5.32 Å². The topological polar surface area (TPSA) is 53.2 Å². The molecule has 3 rings (SSSR count). The Bertz CT molecular complexity index is 977. The molecule has 1 atom stereocenters. The minimum atomic E-state index is -0.780. The number of allylic oxidation sites excluding steroid dienone is 2. The summed E-state index contributed by atoms with van der Waals surface area (Å²) >= 11 is 1.62. The predicted octanol–water partition coefficient (Wildman–Crippen LogP) is 5.64. The molecule has 2 N–H and O–H groups in total. The summed E-state index contributed by atoms with van der Waals surface area (Å²) in [4.78, 5) is 12.0. The van der Waals surface area contributed by atoms with E-state index in [1.807, 2.05) is 83.6 Å². The number of nitrogens with zero attached hydrogens (tertiary/aromatic N) is 1. The normalized spacial score (nSPS) is 12.8. The summed E-state index contributed by atoms with van der Waals surface area (Å²) in [6, 6.07) is 17.4. The molecule has 3 aromatic rings. The smallest absolute Gasteiger partial charge is 0.373 e.